The molecule has 0 spiro atoms. The summed E-state index contributed by atoms with van der Waals surface area (Å²) in [5.74, 6) is 0.296. The molecule has 76 valence electrons. The molecular formula is C13H11ClO. The molecule has 1 N–H and O–H groups in total. The molecule has 0 heterocycles. The van der Waals surface area contributed by atoms with Crippen molar-refractivity contribution in [1.82, 2.24) is 0 Å². The number of benzene rings is 1. The van der Waals surface area contributed by atoms with Gasteiger partial charge in [-0.05, 0) is 18.2 Å². The van der Waals surface area contributed by atoms with E-state index in [9.17, 15) is 0 Å². The fourth-order valence-corrected chi connectivity index (χ4v) is 1.37. The minimum absolute atomic E-state index is 0. The standard InChI is InChI=1S/C13H10O.ClH/c14-13-9-7-12(8-10-13)11-5-3-1-2-4-6-11;/h1-3,5,7-10H,4H2;1H. The molecule has 0 saturated heterocycles. The molecule has 0 amide bonds. The molecule has 2 rings (SSSR count). The van der Waals surface area contributed by atoms with Gasteiger partial charge in [0.05, 0.1) is 18.1 Å². The second-order valence-electron chi connectivity index (χ2n) is 3.13. The molecule has 0 bridgehead atoms. The van der Waals surface area contributed by atoms with Crippen molar-refractivity contribution < 1.29 is 17.5 Å². The summed E-state index contributed by atoms with van der Waals surface area (Å²) in [4.78, 5) is 0. The second kappa shape index (κ2) is 5.35. The Morgan fingerprint density at radius 2 is 1.80 bits per heavy atom. The minimum atomic E-state index is 0. The van der Waals surface area contributed by atoms with E-state index >= 15 is 0 Å². The van der Waals surface area contributed by atoms with Gasteiger partial charge in [0.25, 0.3) is 0 Å². The Kier molecular flexibility index (Phi) is 4.11. The van der Waals surface area contributed by atoms with Crippen LogP contribution in [0.4, 0.5) is 0 Å². The third-order valence-electron chi connectivity index (χ3n) is 2.10. The number of phenols is 1. The van der Waals surface area contributed by atoms with Gasteiger partial charge in [-0.25, -0.2) is 0 Å². The van der Waals surface area contributed by atoms with Crippen LogP contribution >= 0.6 is 0 Å². The number of phenolic OH excluding ortho intramolecular Hbond substituents is 1. The van der Waals surface area contributed by atoms with E-state index in [0.29, 0.717) is 5.75 Å². The molecule has 2 heteroatoms. The lowest BCUT2D eigenvalue weighted by atomic mass is 10.0. The van der Waals surface area contributed by atoms with Crippen LogP contribution in [0.1, 0.15) is 12.0 Å². The van der Waals surface area contributed by atoms with Crippen LogP contribution in [-0.4, -0.2) is 5.11 Å². The molecule has 0 aliphatic heterocycles. The molecule has 0 fully saturated rings. The van der Waals surface area contributed by atoms with E-state index in [0.717, 1.165) is 17.6 Å². The molecule has 1 aromatic carbocycles. The van der Waals surface area contributed by atoms with Crippen LogP contribution in [-0.2, 0) is 0 Å². The molecule has 1 aliphatic rings. The Labute approximate surface area is 95.9 Å². The van der Waals surface area contributed by atoms with Crippen molar-refractivity contribution in [2.75, 3.05) is 0 Å². The summed E-state index contributed by atoms with van der Waals surface area (Å²) in [6, 6.07) is 7.17. The van der Waals surface area contributed by atoms with Gasteiger partial charge in [-0.3, -0.25) is 0 Å². The monoisotopic (exact) mass is 218 g/mol. The van der Waals surface area contributed by atoms with Crippen LogP contribution in [0.3, 0.4) is 0 Å². The van der Waals surface area contributed by atoms with Crippen molar-refractivity contribution in [2.45, 2.75) is 6.42 Å². The number of rotatable bonds is 1. The third-order valence-corrected chi connectivity index (χ3v) is 2.10. The minimum Gasteiger partial charge on any atom is -1.00 e. The predicted molar refractivity (Wildman–Crippen MR) is 57.7 cm³/mol. The molecule has 0 unspecified atom stereocenters. The van der Waals surface area contributed by atoms with Crippen molar-refractivity contribution in [1.29, 1.82) is 0 Å². The normalized spacial score (nSPS) is 13.5. The maximum absolute atomic E-state index is 9.15. The van der Waals surface area contributed by atoms with Gasteiger partial charge in [-0.2, -0.15) is 0 Å². The van der Waals surface area contributed by atoms with Gasteiger partial charge in [-0.1, -0.05) is 12.2 Å². The summed E-state index contributed by atoms with van der Waals surface area (Å²) in [5, 5.41) is 9.15. The van der Waals surface area contributed by atoms with Crippen molar-refractivity contribution >= 4 is 5.57 Å². The fraction of sp³-hybridized carbons (Fsp3) is 0.0769. The van der Waals surface area contributed by atoms with Crippen LogP contribution in [0.25, 0.3) is 5.57 Å². The molecule has 1 nitrogen and oxygen atoms in total. The lowest BCUT2D eigenvalue weighted by Crippen LogP contribution is -3.00. The van der Waals surface area contributed by atoms with E-state index in [1.54, 1.807) is 12.1 Å². The predicted octanol–water partition coefficient (Wildman–Crippen LogP) is 0.0989. The molecule has 1 aromatic rings. The summed E-state index contributed by atoms with van der Waals surface area (Å²) >= 11 is 0. The number of hydrogen-bond donors (Lipinski definition) is 1. The molecule has 0 saturated carbocycles. The second-order valence-corrected chi connectivity index (χ2v) is 3.13. The van der Waals surface area contributed by atoms with Gasteiger partial charge in [0.15, 0.2) is 5.57 Å². The SMILES string of the molecule is Oc1ccc(C2=[C+]CC=CC=C2)cc1.[Cl-]. The van der Waals surface area contributed by atoms with Crippen molar-refractivity contribution in [3.8, 4) is 5.75 Å². The number of allylic oxidation sites excluding steroid dienone is 6. The average Bonchev–Trinajstić information content (AvgIpc) is 2.47. The van der Waals surface area contributed by atoms with Crippen molar-refractivity contribution in [3.05, 3.63) is 60.2 Å². The molecule has 0 aromatic heterocycles. The molecule has 0 radical (unpaired) electrons. The van der Waals surface area contributed by atoms with E-state index in [2.05, 4.69) is 12.2 Å². The van der Waals surface area contributed by atoms with Crippen LogP contribution in [0.15, 0.2) is 48.6 Å². The molecular weight excluding hydrogens is 208 g/mol. The van der Waals surface area contributed by atoms with Crippen molar-refractivity contribution in [2.24, 2.45) is 0 Å². The zero-order valence-corrected chi connectivity index (χ0v) is 8.91. The summed E-state index contributed by atoms with van der Waals surface area (Å²) in [7, 11) is 0. The first-order valence-corrected chi connectivity index (χ1v) is 4.60. The van der Waals surface area contributed by atoms with E-state index in [-0.39, 0.29) is 12.4 Å². The van der Waals surface area contributed by atoms with E-state index < -0.39 is 0 Å². The zero-order chi connectivity index (χ0) is 9.80. The van der Waals surface area contributed by atoms with Crippen LogP contribution in [0.2, 0.25) is 0 Å². The third kappa shape index (κ3) is 2.95. The van der Waals surface area contributed by atoms with Crippen molar-refractivity contribution in [3.63, 3.8) is 0 Å². The van der Waals surface area contributed by atoms with Gasteiger partial charge in [-0.15, -0.1) is 0 Å². The van der Waals surface area contributed by atoms with Crippen LogP contribution in [0, 0.1) is 6.08 Å². The Hall–Kier alpha value is -1.56. The highest BCUT2D eigenvalue weighted by Gasteiger charge is 2.09. The largest absolute Gasteiger partial charge is 1.00 e. The number of halogens is 1. The van der Waals surface area contributed by atoms with E-state index in [1.807, 2.05) is 30.4 Å². The van der Waals surface area contributed by atoms with Gasteiger partial charge >= 0.3 is 0 Å². The fourth-order valence-electron chi connectivity index (χ4n) is 1.37. The summed E-state index contributed by atoms with van der Waals surface area (Å²) < 4.78 is 0. The Balaban J connectivity index is 0.00000112. The maximum Gasteiger partial charge on any atom is 0.191 e. The van der Waals surface area contributed by atoms with Gasteiger partial charge in [0.2, 0.25) is 0 Å². The molecule has 1 aliphatic carbocycles. The Bertz CT molecular complexity index is 399. The van der Waals surface area contributed by atoms with Gasteiger partial charge in [0, 0.05) is 18.2 Å². The highest BCUT2D eigenvalue weighted by molar-refractivity contribution is 5.73. The number of aromatic hydroxyl groups is 1. The lowest BCUT2D eigenvalue weighted by Gasteiger charge is -1.92. The Morgan fingerprint density at radius 1 is 1.07 bits per heavy atom. The summed E-state index contributed by atoms with van der Waals surface area (Å²) in [5.41, 5.74) is 2.16. The molecule has 0 atom stereocenters. The quantitative estimate of drug-likeness (QED) is 0.663. The Morgan fingerprint density at radius 3 is 2.53 bits per heavy atom. The van der Waals surface area contributed by atoms with Gasteiger partial charge in [0.1, 0.15) is 5.75 Å². The van der Waals surface area contributed by atoms with E-state index in [1.165, 1.54) is 0 Å². The average molecular weight is 219 g/mol. The highest BCUT2D eigenvalue weighted by Crippen LogP contribution is 2.20. The summed E-state index contributed by atoms with van der Waals surface area (Å²) in [6.45, 7) is 0. The lowest BCUT2D eigenvalue weighted by molar-refractivity contribution is -0.00000377. The first kappa shape index (κ1) is 11.5. The zero-order valence-electron chi connectivity index (χ0n) is 8.15. The molecule has 15 heavy (non-hydrogen) atoms. The first-order chi connectivity index (χ1) is 6.86. The van der Waals surface area contributed by atoms with E-state index in [4.69, 9.17) is 5.11 Å². The van der Waals surface area contributed by atoms with Crippen LogP contribution in [0.5, 0.6) is 5.75 Å². The summed E-state index contributed by atoms with van der Waals surface area (Å²) in [6.07, 6.45) is 12.2. The first-order valence-electron chi connectivity index (χ1n) is 4.60. The van der Waals surface area contributed by atoms with Gasteiger partial charge < -0.3 is 17.5 Å². The maximum atomic E-state index is 9.15. The van der Waals surface area contributed by atoms with Crippen LogP contribution < -0.4 is 12.4 Å². The topological polar surface area (TPSA) is 20.2 Å². The number of hydrogen-bond acceptors (Lipinski definition) is 1. The highest BCUT2D eigenvalue weighted by atomic mass is 35.5. The smallest absolute Gasteiger partial charge is 0.191 e.